The van der Waals surface area contributed by atoms with Crippen LogP contribution in [0.2, 0.25) is 10.0 Å². The minimum atomic E-state index is -3.98. The number of aliphatic carboxylic acids is 1. The predicted octanol–water partition coefficient (Wildman–Crippen LogP) is 0.997. The maximum atomic E-state index is 12.8. The standard InChI is InChI=1S/C13H15Cl2NO6S2/c14-9-2-1-8(5-10(9)15)24(21,22)12-7-23(19,20)6-11(12)16-4-3-13(17)18/h1-2,5,11-12,16H,3-4,6-7H2,(H,17,18)/t11-,12-/m0/s1. The molecule has 7 nitrogen and oxygen atoms in total. The van der Waals surface area contributed by atoms with Crippen molar-refractivity contribution in [3.63, 3.8) is 0 Å². The Morgan fingerprint density at radius 1 is 1.25 bits per heavy atom. The van der Waals surface area contributed by atoms with E-state index in [1.54, 1.807) is 0 Å². The number of hydrogen-bond acceptors (Lipinski definition) is 6. The van der Waals surface area contributed by atoms with Gasteiger partial charge in [0.25, 0.3) is 0 Å². The van der Waals surface area contributed by atoms with Gasteiger partial charge in [0.1, 0.15) is 0 Å². The van der Waals surface area contributed by atoms with E-state index in [1.807, 2.05) is 0 Å². The molecule has 2 rings (SSSR count). The molecule has 1 heterocycles. The maximum Gasteiger partial charge on any atom is 0.304 e. The van der Waals surface area contributed by atoms with Gasteiger partial charge in [0, 0.05) is 12.6 Å². The molecule has 0 aliphatic carbocycles. The highest BCUT2D eigenvalue weighted by Gasteiger charge is 2.45. The summed E-state index contributed by atoms with van der Waals surface area (Å²) in [6.45, 7) is -0.0249. The topological polar surface area (TPSA) is 118 Å². The second-order valence-electron chi connectivity index (χ2n) is 5.44. The van der Waals surface area contributed by atoms with Crippen molar-refractivity contribution in [1.82, 2.24) is 5.32 Å². The van der Waals surface area contributed by atoms with Crippen LogP contribution < -0.4 is 5.32 Å². The zero-order valence-corrected chi connectivity index (χ0v) is 15.4. The molecule has 2 N–H and O–H groups in total. The van der Waals surface area contributed by atoms with Crippen LogP contribution in [-0.4, -0.2) is 57.3 Å². The number of carboxylic acid groups (broad SMARTS) is 1. The minimum absolute atomic E-state index is 0.0249. The average molecular weight is 416 g/mol. The van der Waals surface area contributed by atoms with Crippen LogP contribution in [0.5, 0.6) is 0 Å². The van der Waals surface area contributed by atoms with E-state index in [4.69, 9.17) is 28.3 Å². The molecule has 1 saturated heterocycles. The Bertz CT molecular complexity index is 853. The number of hydrogen-bond donors (Lipinski definition) is 2. The van der Waals surface area contributed by atoms with Crippen LogP contribution in [0.3, 0.4) is 0 Å². The molecule has 2 atom stereocenters. The lowest BCUT2D eigenvalue weighted by Gasteiger charge is -2.19. The van der Waals surface area contributed by atoms with Gasteiger partial charge in [-0.25, -0.2) is 16.8 Å². The van der Waals surface area contributed by atoms with Crippen molar-refractivity contribution >= 4 is 48.8 Å². The highest BCUT2D eigenvalue weighted by molar-refractivity contribution is 7.96. The van der Waals surface area contributed by atoms with Crippen molar-refractivity contribution in [1.29, 1.82) is 0 Å². The van der Waals surface area contributed by atoms with E-state index in [1.165, 1.54) is 18.2 Å². The number of nitrogens with one attached hydrogen (secondary N) is 1. The fourth-order valence-electron chi connectivity index (χ4n) is 2.50. The Hall–Kier alpha value is -0.870. The average Bonchev–Trinajstić information content (AvgIpc) is 2.77. The van der Waals surface area contributed by atoms with Crippen LogP contribution in [0.15, 0.2) is 23.1 Å². The Balaban J connectivity index is 2.30. The van der Waals surface area contributed by atoms with Crippen molar-refractivity contribution in [3.8, 4) is 0 Å². The molecule has 0 spiro atoms. The highest BCUT2D eigenvalue weighted by atomic mass is 35.5. The maximum absolute atomic E-state index is 12.8. The molecule has 0 bridgehead atoms. The van der Waals surface area contributed by atoms with Crippen molar-refractivity contribution < 1.29 is 26.7 Å². The van der Waals surface area contributed by atoms with E-state index < -0.39 is 42.7 Å². The summed E-state index contributed by atoms with van der Waals surface area (Å²) in [5.41, 5.74) is 0. The molecule has 0 saturated carbocycles. The van der Waals surface area contributed by atoms with E-state index in [9.17, 15) is 21.6 Å². The third-order valence-corrected chi connectivity index (χ3v) is 8.55. The first-order valence-corrected chi connectivity index (χ1v) is 11.0. The van der Waals surface area contributed by atoms with Gasteiger partial charge in [-0.15, -0.1) is 0 Å². The Kier molecular flexibility index (Phi) is 5.81. The Labute approximate surface area is 149 Å². The summed E-state index contributed by atoms with van der Waals surface area (Å²) in [7, 11) is -7.53. The molecule has 1 aliphatic heterocycles. The summed E-state index contributed by atoms with van der Waals surface area (Å²) in [5.74, 6) is -1.95. The quantitative estimate of drug-likeness (QED) is 0.710. The van der Waals surface area contributed by atoms with Crippen molar-refractivity contribution in [2.75, 3.05) is 18.1 Å². The Morgan fingerprint density at radius 2 is 1.92 bits per heavy atom. The van der Waals surface area contributed by atoms with Crippen molar-refractivity contribution in [3.05, 3.63) is 28.2 Å². The number of halogens is 2. The molecule has 1 aliphatic rings. The third-order valence-electron chi connectivity index (χ3n) is 3.66. The molecule has 0 unspecified atom stereocenters. The van der Waals surface area contributed by atoms with E-state index in [0.29, 0.717) is 0 Å². The van der Waals surface area contributed by atoms with Crippen LogP contribution in [0.4, 0.5) is 0 Å². The smallest absolute Gasteiger partial charge is 0.304 e. The summed E-state index contributed by atoms with van der Waals surface area (Å²) in [6, 6.07) is 2.89. The molecule has 1 aromatic carbocycles. The summed E-state index contributed by atoms with van der Waals surface area (Å²) in [5, 5.41) is 10.4. The second-order valence-corrected chi connectivity index (χ2v) is 10.6. The first-order chi connectivity index (χ1) is 11.0. The van der Waals surface area contributed by atoms with Crippen LogP contribution in [-0.2, 0) is 24.5 Å². The third kappa shape index (κ3) is 4.40. The lowest BCUT2D eigenvalue weighted by atomic mass is 10.2. The van der Waals surface area contributed by atoms with Crippen LogP contribution in [0.1, 0.15) is 6.42 Å². The lowest BCUT2D eigenvalue weighted by molar-refractivity contribution is -0.136. The number of carbonyl (C=O) groups is 1. The largest absolute Gasteiger partial charge is 0.481 e. The van der Waals surface area contributed by atoms with Gasteiger partial charge in [-0.05, 0) is 18.2 Å². The zero-order valence-electron chi connectivity index (χ0n) is 12.3. The van der Waals surface area contributed by atoms with Gasteiger partial charge in [-0.1, -0.05) is 23.2 Å². The highest BCUT2D eigenvalue weighted by Crippen LogP contribution is 2.30. The fraction of sp³-hybridized carbons (Fsp3) is 0.462. The van der Waals surface area contributed by atoms with Gasteiger partial charge >= 0.3 is 5.97 Å². The molecule has 0 amide bonds. The first-order valence-electron chi connectivity index (χ1n) is 6.87. The van der Waals surface area contributed by atoms with Gasteiger partial charge in [-0.2, -0.15) is 0 Å². The molecule has 0 radical (unpaired) electrons. The van der Waals surface area contributed by atoms with E-state index in [0.717, 1.165) is 0 Å². The van der Waals surface area contributed by atoms with Crippen molar-refractivity contribution in [2.45, 2.75) is 22.6 Å². The van der Waals surface area contributed by atoms with Crippen LogP contribution in [0.25, 0.3) is 0 Å². The molecular formula is C13H15Cl2NO6S2. The van der Waals surface area contributed by atoms with E-state index >= 15 is 0 Å². The van der Waals surface area contributed by atoms with Gasteiger partial charge in [0.2, 0.25) is 0 Å². The summed E-state index contributed by atoms with van der Waals surface area (Å²) in [4.78, 5) is 10.4. The predicted molar refractivity (Wildman–Crippen MR) is 90.1 cm³/mol. The lowest BCUT2D eigenvalue weighted by Crippen LogP contribution is -2.44. The van der Waals surface area contributed by atoms with Gasteiger partial charge in [-0.3, -0.25) is 4.79 Å². The monoisotopic (exact) mass is 415 g/mol. The number of sulfone groups is 2. The number of benzene rings is 1. The van der Waals surface area contributed by atoms with Crippen LogP contribution >= 0.6 is 23.2 Å². The Morgan fingerprint density at radius 3 is 2.50 bits per heavy atom. The molecule has 0 aromatic heterocycles. The van der Waals surface area contributed by atoms with Gasteiger partial charge < -0.3 is 10.4 Å². The van der Waals surface area contributed by atoms with E-state index in [2.05, 4.69) is 5.32 Å². The minimum Gasteiger partial charge on any atom is -0.481 e. The number of carboxylic acids is 1. The molecule has 1 aromatic rings. The fourth-order valence-corrected chi connectivity index (χ4v) is 7.61. The van der Waals surface area contributed by atoms with Gasteiger partial charge in [0.15, 0.2) is 19.7 Å². The normalized spacial score (nSPS) is 23.2. The molecule has 24 heavy (non-hydrogen) atoms. The molecule has 1 fully saturated rings. The van der Waals surface area contributed by atoms with E-state index in [-0.39, 0.29) is 33.7 Å². The second kappa shape index (κ2) is 7.17. The first kappa shape index (κ1) is 19.5. The molecule has 134 valence electrons. The summed E-state index contributed by atoms with van der Waals surface area (Å²) in [6.07, 6.45) is -0.240. The zero-order chi connectivity index (χ0) is 18.1. The molecule has 11 heteroatoms. The summed E-state index contributed by atoms with van der Waals surface area (Å²) >= 11 is 11.6. The van der Waals surface area contributed by atoms with Crippen molar-refractivity contribution in [2.24, 2.45) is 0 Å². The number of rotatable bonds is 6. The van der Waals surface area contributed by atoms with Gasteiger partial charge in [0.05, 0.1) is 38.1 Å². The molecular weight excluding hydrogens is 401 g/mol. The summed E-state index contributed by atoms with van der Waals surface area (Å²) < 4.78 is 49.3. The van der Waals surface area contributed by atoms with Crippen LogP contribution in [0, 0.1) is 0 Å². The SMILES string of the molecule is O=C(O)CCN[C@H]1CS(=O)(=O)C[C@@H]1S(=O)(=O)c1ccc(Cl)c(Cl)c1.